The number of hydrogen-bond donors (Lipinski definition) is 2. The molecule has 0 atom stereocenters. The van der Waals surface area contributed by atoms with Crippen molar-refractivity contribution in [1.82, 2.24) is 4.98 Å². The van der Waals surface area contributed by atoms with Crippen LogP contribution in [0.2, 0.25) is 0 Å². The summed E-state index contributed by atoms with van der Waals surface area (Å²) in [6.45, 7) is 8.25. The topological polar surface area (TPSA) is 73.3 Å². The zero-order chi connectivity index (χ0) is 14.7. The van der Waals surface area contributed by atoms with Crippen LogP contribution in [-0.2, 0) is 6.54 Å². The summed E-state index contributed by atoms with van der Waals surface area (Å²) < 4.78 is 11.2. The van der Waals surface area contributed by atoms with E-state index in [0.717, 1.165) is 17.1 Å². The van der Waals surface area contributed by atoms with Crippen LogP contribution in [-0.4, -0.2) is 11.1 Å². The number of benzene rings is 1. The van der Waals surface area contributed by atoms with Crippen LogP contribution in [0.3, 0.4) is 0 Å². The third-order valence-corrected chi connectivity index (χ3v) is 2.93. The summed E-state index contributed by atoms with van der Waals surface area (Å²) in [7, 11) is 0. The van der Waals surface area contributed by atoms with Crippen molar-refractivity contribution in [2.24, 2.45) is 0 Å². The van der Waals surface area contributed by atoms with Gasteiger partial charge in [-0.3, -0.25) is 0 Å². The maximum atomic E-state index is 6.09. The van der Waals surface area contributed by atoms with Crippen LogP contribution >= 0.6 is 0 Å². The molecule has 0 saturated heterocycles. The summed E-state index contributed by atoms with van der Waals surface area (Å²) in [4.78, 5) is 4.32. The van der Waals surface area contributed by atoms with Gasteiger partial charge in [0.25, 0.3) is 0 Å². The first-order chi connectivity index (χ1) is 9.47. The molecule has 0 saturated carbocycles. The van der Waals surface area contributed by atoms with Crippen molar-refractivity contribution < 1.29 is 9.15 Å². The number of hydrogen-bond acceptors (Lipinski definition) is 5. The molecule has 1 heterocycles. The molecule has 0 amide bonds. The fourth-order valence-corrected chi connectivity index (χ4v) is 1.84. The highest BCUT2D eigenvalue weighted by Crippen LogP contribution is 2.30. The standard InChI is InChI=1S/C15H21N3O2/c1-9(2)19-13-7-5-6-12(15(13)16)17-8-14-18-10(3)11(4)20-14/h5-7,9,17H,8,16H2,1-4H3. The quantitative estimate of drug-likeness (QED) is 0.819. The van der Waals surface area contributed by atoms with Crippen LogP contribution in [0.5, 0.6) is 5.75 Å². The highest BCUT2D eigenvalue weighted by Gasteiger charge is 2.09. The minimum absolute atomic E-state index is 0.0876. The third-order valence-electron chi connectivity index (χ3n) is 2.93. The number of oxazole rings is 1. The van der Waals surface area contributed by atoms with E-state index in [0.29, 0.717) is 23.9 Å². The maximum Gasteiger partial charge on any atom is 0.213 e. The Morgan fingerprint density at radius 2 is 2.10 bits per heavy atom. The highest BCUT2D eigenvalue weighted by molar-refractivity contribution is 5.72. The van der Waals surface area contributed by atoms with E-state index >= 15 is 0 Å². The molecule has 0 aliphatic carbocycles. The van der Waals surface area contributed by atoms with Gasteiger partial charge in [-0.1, -0.05) is 6.07 Å². The highest BCUT2D eigenvalue weighted by atomic mass is 16.5. The summed E-state index contributed by atoms with van der Waals surface area (Å²) in [5.74, 6) is 2.17. The molecule has 0 unspecified atom stereocenters. The van der Waals surface area contributed by atoms with E-state index in [2.05, 4.69) is 10.3 Å². The normalized spacial score (nSPS) is 10.8. The van der Waals surface area contributed by atoms with Crippen LogP contribution in [0.4, 0.5) is 11.4 Å². The number of aromatic nitrogens is 1. The second-order valence-electron chi connectivity index (χ2n) is 4.99. The van der Waals surface area contributed by atoms with Gasteiger partial charge in [-0.25, -0.2) is 4.98 Å². The summed E-state index contributed by atoms with van der Waals surface area (Å²) in [5, 5.41) is 3.22. The predicted octanol–water partition coefficient (Wildman–Crippen LogP) is 3.27. The molecule has 2 aromatic rings. The largest absolute Gasteiger partial charge is 0.489 e. The number of rotatable bonds is 5. The van der Waals surface area contributed by atoms with E-state index in [4.69, 9.17) is 14.9 Å². The number of para-hydroxylation sites is 1. The number of anilines is 2. The van der Waals surface area contributed by atoms with Crippen LogP contribution in [0.15, 0.2) is 22.6 Å². The number of ether oxygens (including phenoxy) is 1. The first kappa shape index (κ1) is 14.2. The number of aryl methyl sites for hydroxylation is 2. The van der Waals surface area contributed by atoms with Crippen LogP contribution < -0.4 is 15.8 Å². The van der Waals surface area contributed by atoms with Crippen molar-refractivity contribution in [3.63, 3.8) is 0 Å². The molecule has 0 fully saturated rings. The number of nitrogen functional groups attached to an aromatic ring is 1. The van der Waals surface area contributed by atoms with Crippen LogP contribution in [0.1, 0.15) is 31.2 Å². The van der Waals surface area contributed by atoms with Crippen molar-refractivity contribution in [3.05, 3.63) is 35.5 Å². The Kier molecular flexibility index (Phi) is 4.17. The molecule has 20 heavy (non-hydrogen) atoms. The van der Waals surface area contributed by atoms with Crippen molar-refractivity contribution in [3.8, 4) is 5.75 Å². The molecule has 1 aromatic carbocycles. The van der Waals surface area contributed by atoms with E-state index in [-0.39, 0.29) is 6.10 Å². The molecule has 0 aliphatic rings. The molecular formula is C15H21N3O2. The van der Waals surface area contributed by atoms with Gasteiger partial charge in [0.05, 0.1) is 29.7 Å². The number of nitrogens with one attached hydrogen (secondary N) is 1. The van der Waals surface area contributed by atoms with Gasteiger partial charge in [0.2, 0.25) is 5.89 Å². The summed E-state index contributed by atoms with van der Waals surface area (Å²) in [6.07, 6.45) is 0.0876. The molecule has 5 nitrogen and oxygen atoms in total. The van der Waals surface area contributed by atoms with Gasteiger partial charge >= 0.3 is 0 Å². The smallest absolute Gasteiger partial charge is 0.213 e. The SMILES string of the molecule is Cc1nc(CNc2cccc(OC(C)C)c2N)oc1C. The molecule has 0 aliphatic heterocycles. The van der Waals surface area contributed by atoms with Crippen molar-refractivity contribution in [2.75, 3.05) is 11.1 Å². The van der Waals surface area contributed by atoms with E-state index in [1.165, 1.54) is 0 Å². The van der Waals surface area contributed by atoms with E-state index in [1.807, 2.05) is 45.9 Å². The molecule has 0 spiro atoms. The Balaban J connectivity index is 2.09. The van der Waals surface area contributed by atoms with Crippen molar-refractivity contribution >= 4 is 11.4 Å². The molecule has 5 heteroatoms. The van der Waals surface area contributed by atoms with Crippen molar-refractivity contribution in [1.29, 1.82) is 0 Å². The van der Waals surface area contributed by atoms with Crippen molar-refractivity contribution in [2.45, 2.75) is 40.3 Å². The molecule has 0 radical (unpaired) electrons. The van der Waals surface area contributed by atoms with Gasteiger partial charge in [-0.15, -0.1) is 0 Å². The van der Waals surface area contributed by atoms with Gasteiger partial charge < -0.3 is 20.2 Å². The number of nitrogens with two attached hydrogens (primary N) is 1. The first-order valence-electron chi connectivity index (χ1n) is 6.69. The molecule has 108 valence electrons. The van der Waals surface area contributed by atoms with E-state index in [9.17, 15) is 0 Å². The lowest BCUT2D eigenvalue weighted by Gasteiger charge is -2.15. The molecular weight excluding hydrogens is 254 g/mol. The Labute approximate surface area is 119 Å². The second-order valence-corrected chi connectivity index (χ2v) is 4.99. The monoisotopic (exact) mass is 275 g/mol. The summed E-state index contributed by atoms with van der Waals surface area (Å²) >= 11 is 0. The zero-order valence-electron chi connectivity index (χ0n) is 12.4. The minimum Gasteiger partial charge on any atom is -0.489 e. The fourth-order valence-electron chi connectivity index (χ4n) is 1.84. The lowest BCUT2D eigenvalue weighted by Crippen LogP contribution is -2.09. The summed E-state index contributed by atoms with van der Waals surface area (Å²) in [6, 6.07) is 5.67. The lowest BCUT2D eigenvalue weighted by atomic mass is 10.2. The molecule has 1 aromatic heterocycles. The maximum absolute atomic E-state index is 6.09. The van der Waals surface area contributed by atoms with Gasteiger partial charge in [-0.05, 0) is 39.8 Å². The molecule has 3 N–H and O–H groups in total. The molecule has 2 rings (SSSR count). The lowest BCUT2D eigenvalue weighted by molar-refractivity contribution is 0.244. The van der Waals surface area contributed by atoms with Crippen LogP contribution in [0, 0.1) is 13.8 Å². The van der Waals surface area contributed by atoms with Gasteiger partial charge in [0.15, 0.2) is 0 Å². The predicted molar refractivity (Wildman–Crippen MR) is 79.9 cm³/mol. The first-order valence-corrected chi connectivity index (χ1v) is 6.69. The average molecular weight is 275 g/mol. The van der Waals surface area contributed by atoms with Gasteiger partial charge in [0.1, 0.15) is 11.5 Å². The van der Waals surface area contributed by atoms with Gasteiger partial charge in [0, 0.05) is 0 Å². The Morgan fingerprint density at radius 1 is 1.35 bits per heavy atom. The van der Waals surface area contributed by atoms with Gasteiger partial charge in [-0.2, -0.15) is 0 Å². The number of nitrogens with zero attached hydrogens (tertiary/aromatic N) is 1. The van der Waals surface area contributed by atoms with E-state index in [1.54, 1.807) is 0 Å². The Bertz CT molecular complexity index is 571. The average Bonchev–Trinajstić information content (AvgIpc) is 2.69. The Morgan fingerprint density at radius 3 is 2.70 bits per heavy atom. The fraction of sp³-hybridized carbons (Fsp3) is 0.400. The Hall–Kier alpha value is -2.17. The van der Waals surface area contributed by atoms with Crippen LogP contribution in [0.25, 0.3) is 0 Å². The second kappa shape index (κ2) is 5.86. The van der Waals surface area contributed by atoms with E-state index < -0.39 is 0 Å². The molecule has 0 bridgehead atoms. The third kappa shape index (κ3) is 3.23. The minimum atomic E-state index is 0.0876. The zero-order valence-corrected chi connectivity index (χ0v) is 12.4. The summed E-state index contributed by atoms with van der Waals surface area (Å²) in [5.41, 5.74) is 8.42.